The van der Waals surface area contributed by atoms with Crippen LogP contribution < -0.4 is 0 Å². The molecule has 1 aliphatic rings. The van der Waals surface area contributed by atoms with E-state index in [1.165, 1.54) is 25.8 Å². The molecule has 0 aromatic carbocycles. The minimum absolute atomic E-state index is 0.561. The van der Waals surface area contributed by atoms with E-state index in [0.29, 0.717) is 12.6 Å². The summed E-state index contributed by atoms with van der Waals surface area (Å²) in [6.45, 7) is 12.0. The molecule has 0 amide bonds. The van der Waals surface area contributed by atoms with Crippen LogP contribution in [0.5, 0.6) is 0 Å². The normalized spacial score (nSPS) is 26.4. The number of likely N-dealkylation sites (N-methyl/N-ethyl adjacent to an activating group) is 1. The Morgan fingerprint density at radius 1 is 1.55 bits per heavy atom. The maximum absolute atomic E-state index is 6.80. The van der Waals surface area contributed by atoms with Crippen molar-refractivity contribution in [3.8, 4) is 0 Å². The summed E-state index contributed by atoms with van der Waals surface area (Å²) < 4.78 is 0. The number of likely N-dealkylation sites (tertiary alicyclic amines) is 1. The summed E-state index contributed by atoms with van der Waals surface area (Å²) in [7, 11) is 0. The third kappa shape index (κ3) is 2.20. The van der Waals surface area contributed by atoms with Gasteiger partial charge in [-0.3, -0.25) is 4.90 Å². The first kappa shape index (κ1) is 8.55. The van der Waals surface area contributed by atoms with Gasteiger partial charge in [-0.2, -0.15) is 0 Å². The van der Waals surface area contributed by atoms with Gasteiger partial charge in [0.25, 0.3) is 0 Å². The van der Waals surface area contributed by atoms with Crippen LogP contribution in [0.1, 0.15) is 26.2 Å². The van der Waals surface area contributed by atoms with E-state index >= 15 is 0 Å². The third-order valence-electron chi connectivity index (χ3n) is 2.46. The highest BCUT2D eigenvalue weighted by Crippen LogP contribution is 2.16. The average molecular weight is 152 g/mol. The molecule has 2 nitrogen and oxygen atoms in total. The molecule has 1 atom stereocenters. The van der Waals surface area contributed by atoms with Gasteiger partial charge in [0, 0.05) is 0 Å². The lowest BCUT2D eigenvalue weighted by Gasteiger charge is -2.31. The van der Waals surface area contributed by atoms with Crippen molar-refractivity contribution >= 4 is 0 Å². The first-order valence-corrected chi connectivity index (χ1v) is 4.45. The number of nitrogens with zero attached hydrogens (tertiary/aromatic N) is 2. The molecule has 1 heterocycles. The molecule has 0 spiro atoms. The average Bonchev–Trinajstić information content (AvgIpc) is 2.06. The predicted octanol–water partition coefficient (Wildman–Crippen LogP) is 1.78. The molecular weight excluding hydrogens is 136 g/mol. The number of hydrogen-bond acceptors (Lipinski definition) is 1. The molecule has 0 saturated carbocycles. The smallest absolute Gasteiger partial charge is 0.229 e. The molecule has 2 heteroatoms. The molecule has 0 aromatic rings. The highest BCUT2D eigenvalue weighted by molar-refractivity contribution is 4.82. The van der Waals surface area contributed by atoms with E-state index in [-0.39, 0.29) is 0 Å². The lowest BCUT2D eigenvalue weighted by atomic mass is 10.0. The number of rotatable bonds is 2. The van der Waals surface area contributed by atoms with Crippen molar-refractivity contribution in [3.05, 3.63) is 11.4 Å². The van der Waals surface area contributed by atoms with Gasteiger partial charge in [-0.1, -0.05) is 13.3 Å². The summed E-state index contributed by atoms with van der Waals surface area (Å²) in [4.78, 5) is 5.90. The van der Waals surface area contributed by atoms with Crippen molar-refractivity contribution in [2.45, 2.75) is 32.2 Å². The second-order valence-electron chi connectivity index (χ2n) is 3.12. The number of piperidine rings is 1. The zero-order valence-electron chi connectivity index (χ0n) is 7.21. The van der Waals surface area contributed by atoms with E-state index < -0.39 is 0 Å². The first-order valence-electron chi connectivity index (χ1n) is 4.45. The summed E-state index contributed by atoms with van der Waals surface area (Å²) in [6.07, 6.45) is 3.87. The van der Waals surface area contributed by atoms with Crippen molar-refractivity contribution in [2.75, 3.05) is 19.6 Å². The van der Waals surface area contributed by atoms with Crippen LogP contribution in [0, 0.1) is 6.57 Å². The Balaban J connectivity index is 2.39. The molecule has 0 radical (unpaired) electrons. The maximum Gasteiger partial charge on any atom is 0.229 e. The van der Waals surface area contributed by atoms with Crippen molar-refractivity contribution in [3.63, 3.8) is 0 Å². The van der Waals surface area contributed by atoms with Gasteiger partial charge in [-0.05, 0) is 25.9 Å². The van der Waals surface area contributed by atoms with Gasteiger partial charge in [0.15, 0.2) is 0 Å². The van der Waals surface area contributed by atoms with E-state index in [4.69, 9.17) is 6.57 Å². The van der Waals surface area contributed by atoms with E-state index in [1.54, 1.807) is 0 Å². The summed E-state index contributed by atoms with van der Waals surface area (Å²) in [5.74, 6) is 0. The monoisotopic (exact) mass is 152 g/mol. The van der Waals surface area contributed by atoms with Gasteiger partial charge in [0.2, 0.25) is 6.54 Å². The molecule has 62 valence electrons. The van der Waals surface area contributed by atoms with Crippen LogP contribution in [0.25, 0.3) is 4.85 Å². The molecular formula is C9H16N2. The van der Waals surface area contributed by atoms with E-state index in [2.05, 4.69) is 16.7 Å². The fourth-order valence-corrected chi connectivity index (χ4v) is 1.79. The second kappa shape index (κ2) is 4.35. The Bertz CT molecular complexity index is 148. The molecule has 0 N–H and O–H groups in total. The lowest BCUT2D eigenvalue weighted by Crippen LogP contribution is -2.40. The van der Waals surface area contributed by atoms with Crippen molar-refractivity contribution in [1.82, 2.24) is 4.90 Å². The minimum Gasteiger partial charge on any atom is -0.315 e. The highest BCUT2D eigenvalue weighted by atomic mass is 15.2. The maximum atomic E-state index is 6.80. The summed E-state index contributed by atoms with van der Waals surface area (Å²) in [5, 5.41) is 0. The van der Waals surface area contributed by atoms with Crippen molar-refractivity contribution < 1.29 is 0 Å². The van der Waals surface area contributed by atoms with Crippen LogP contribution >= 0.6 is 0 Å². The molecule has 0 aromatic heterocycles. The van der Waals surface area contributed by atoms with Gasteiger partial charge in [-0.15, -0.1) is 0 Å². The SMILES string of the molecule is [C-]#[N+]CC1CCCCN1CC. The Hall–Kier alpha value is -0.550. The Morgan fingerprint density at radius 3 is 3.00 bits per heavy atom. The van der Waals surface area contributed by atoms with Gasteiger partial charge < -0.3 is 4.85 Å². The lowest BCUT2D eigenvalue weighted by molar-refractivity contribution is 0.167. The van der Waals surface area contributed by atoms with Crippen LogP contribution in [0.2, 0.25) is 0 Å². The zero-order valence-corrected chi connectivity index (χ0v) is 7.21. The number of hydrogen-bond donors (Lipinski definition) is 0. The van der Waals surface area contributed by atoms with E-state index in [1.807, 2.05) is 0 Å². The molecule has 1 saturated heterocycles. The largest absolute Gasteiger partial charge is 0.315 e. The Morgan fingerprint density at radius 2 is 2.36 bits per heavy atom. The van der Waals surface area contributed by atoms with E-state index in [9.17, 15) is 0 Å². The van der Waals surface area contributed by atoms with Gasteiger partial charge in [-0.25, -0.2) is 6.57 Å². The van der Waals surface area contributed by atoms with Crippen LogP contribution in [-0.2, 0) is 0 Å². The Labute approximate surface area is 69.0 Å². The predicted molar refractivity (Wildman–Crippen MR) is 46.4 cm³/mol. The standard InChI is InChI=1S/C9H16N2/c1-3-11-7-5-4-6-9(11)8-10-2/h9H,3-8H2,1H3. The molecule has 1 aliphatic heterocycles. The fraction of sp³-hybridized carbons (Fsp3) is 0.889. The van der Waals surface area contributed by atoms with Crippen LogP contribution in [-0.4, -0.2) is 30.6 Å². The molecule has 1 fully saturated rings. The topological polar surface area (TPSA) is 7.60 Å². The van der Waals surface area contributed by atoms with Gasteiger partial charge >= 0.3 is 0 Å². The fourth-order valence-electron chi connectivity index (χ4n) is 1.79. The zero-order chi connectivity index (χ0) is 8.10. The summed E-state index contributed by atoms with van der Waals surface area (Å²) in [6, 6.07) is 0.561. The second-order valence-corrected chi connectivity index (χ2v) is 3.12. The van der Waals surface area contributed by atoms with Crippen LogP contribution in [0.4, 0.5) is 0 Å². The summed E-state index contributed by atoms with van der Waals surface area (Å²) in [5.41, 5.74) is 0. The van der Waals surface area contributed by atoms with Gasteiger partial charge in [0.05, 0.1) is 6.04 Å². The Kier molecular flexibility index (Phi) is 3.38. The van der Waals surface area contributed by atoms with E-state index in [0.717, 1.165) is 6.54 Å². The quantitative estimate of drug-likeness (QED) is 0.547. The van der Waals surface area contributed by atoms with Crippen molar-refractivity contribution in [1.29, 1.82) is 0 Å². The molecule has 0 aliphatic carbocycles. The molecule has 1 unspecified atom stereocenters. The van der Waals surface area contributed by atoms with Crippen LogP contribution in [0.15, 0.2) is 0 Å². The van der Waals surface area contributed by atoms with Crippen LogP contribution in [0.3, 0.4) is 0 Å². The molecule has 0 bridgehead atoms. The molecule has 1 rings (SSSR count). The minimum atomic E-state index is 0.561. The highest BCUT2D eigenvalue weighted by Gasteiger charge is 2.22. The first-order chi connectivity index (χ1) is 5.38. The summed E-state index contributed by atoms with van der Waals surface area (Å²) >= 11 is 0. The molecule has 11 heavy (non-hydrogen) atoms. The third-order valence-corrected chi connectivity index (χ3v) is 2.46. The van der Waals surface area contributed by atoms with Gasteiger partial charge in [0.1, 0.15) is 0 Å². The van der Waals surface area contributed by atoms with Crippen molar-refractivity contribution in [2.24, 2.45) is 0 Å².